The SMILES string of the molecule is CCN(P)CC.CC[N](CC)[In][N](CC)CC. The zero-order chi connectivity index (χ0) is 13.7. The van der Waals surface area contributed by atoms with E-state index in [9.17, 15) is 0 Å². The van der Waals surface area contributed by atoms with Gasteiger partial charge in [0.05, 0.1) is 0 Å². The summed E-state index contributed by atoms with van der Waals surface area (Å²) < 4.78 is 7.42. The molecule has 3 nitrogen and oxygen atoms in total. The zero-order valence-corrected chi connectivity index (χ0v) is 17.2. The second kappa shape index (κ2) is 15.2. The molecule has 0 saturated carbocycles. The van der Waals surface area contributed by atoms with Gasteiger partial charge in [0.2, 0.25) is 0 Å². The van der Waals surface area contributed by atoms with Gasteiger partial charge in [0.15, 0.2) is 0 Å². The Morgan fingerprint density at radius 1 is 0.647 bits per heavy atom. The predicted octanol–water partition coefficient (Wildman–Crippen LogP) is 2.32. The van der Waals surface area contributed by atoms with E-state index in [-0.39, 0.29) is 0 Å². The molecule has 0 aromatic heterocycles. The molecule has 0 amide bonds. The van der Waals surface area contributed by atoms with Crippen LogP contribution in [0.25, 0.3) is 0 Å². The number of nitrogens with zero attached hydrogens (tertiary/aromatic N) is 3. The molecule has 103 valence electrons. The van der Waals surface area contributed by atoms with Gasteiger partial charge in [-0.25, -0.2) is 0 Å². The van der Waals surface area contributed by atoms with Crippen molar-refractivity contribution in [1.82, 2.24) is 10.4 Å². The van der Waals surface area contributed by atoms with Gasteiger partial charge < -0.3 is 0 Å². The van der Waals surface area contributed by atoms with E-state index < -0.39 is 23.5 Å². The summed E-state index contributed by atoms with van der Waals surface area (Å²) in [5.74, 6) is 0. The van der Waals surface area contributed by atoms with Crippen molar-refractivity contribution in [3.05, 3.63) is 0 Å². The summed E-state index contributed by atoms with van der Waals surface area (Å²) in [6.07, 6.45) is 0. The van der Waals surface area contributed by atoms with Crippen molar-refractivity contribution in [2.45, 2.75) is 41.5 Å². The van der Waals surface area contributed by atoms with Crippen LogP contribution in [0.4, 0.5) is 0 Å². The van der Waals surface area contributed by atoms with Gasteiger partial charge in [-0.05, 0) is 13.1 Å². The van der Waals surface area contributed by atoms with Crippen molar-refractivity contribution >= 4 is 32.9 Å². The van der Waals surface area contributed by atoms with Gasteiger partial charge in [-0.1, -0.05) is 23.2 Å². The Labute approximate surface area is 124 Å². The topological polar surface area (TPSA) is 9.72 Å². The molecule has 1 radical (unpaired) electrons. The Bertz CT molecular complexity index is 128. The molecule has 0 rings (SSSR count). The summed E-state index contributed by atoms with van der Waals surface area (Å²) >= 11 is -0.543. The third kappa shape index (κ3) is 13.4. The molecule has 0 bridgehead atoms. The van der Waals surface area contributed by atoms with Crippen molar-refractivity contribution in [3.8, 4) is 0 Å². The van der Waals surface area contributed by atoms with Crippen molar-refractivity contribution in [3.63, 3.8) is 0 Å². The average molecular weight is 364 g/mol. The van der Waals surface area contributed by atoms with Gasteiger partial charge in [0.1, 0.15) is 0 Å². The van der Waals surface area contributed by atoms with Crippen LogP contribution in [-0.2, 0) is 0 Å². The molecule has 0 saturated heterocycles. The first kappa shape index (κ1) is 20.5. The zero-order valence-electron chi connectivity index (χ0n) is 12.7. The van der Waals surface area contributed by atoms with Gasteiger partial charge in [-0.3, -0.25) is 4.67 Å². The maximum atomic E-state index is 2.64. The van der Waals surface area contributed by atoms with Crippen LogP contribution in [0.1, 0.15) is 41.5 Å². The fourth-order valence-corrected chi connectivity index (χ4v) is 4.41. The minimum absolute atomic E-state index is 0.543. The first-order valence-electron chi connectivity index (χ1n) is 6.91. The quantitative estimate of drug-likeness (QED) is 0.613. The van der Waals surface area contributed by atoms with Gasteiger partial charge in [-0.2, -0.15) is 0 Å². The normalized spacial score (nSPS) is 10.7. The van der Waals surface area contributed by atoms with Gasteiger partial charge in [0, 0.05) is 0 Å². The summed E-state index contributed by atoms with van der Waals surface area (Å²) in [7, 11) is 2.64. The second-order valence-corrected chi connectivity index (χ2v) is 9.34. The van der Waals surface area contributed by atoms with Gasteiger partial charge in [0.25, 0.3) is 0 Å². The predicted molar refractivity (Wildman–Crippen MR) is 84.2 cm³/mol. The standard InChI is InChI=1S/C4H12NP.2C4H10N.In/c1-3-5(6)4-2;2*1-3-5-4-2;/h3-4,6H2,1-2H3;2*3-4H2,1-2H3;/q;2*-1;+2. The maximum absolute atomic E-state index is 2.64. The Balaban J connectivity index is 0. The third-order valence-corrected chi connectivity index (χ3v) is 9.53. The summed E-state index contributed by atoms with van der Waals surface area (Å²) in [5.41, 5.74) is 0. The first-order valence-corrected chi connectivity index (χ1v) is 10.4. The molecular weight excluding hydrogens is 332 g/mol. The number of rotatable bonds is 8. The van der Waals surface area contributed by atoms with E-state index >= 15 is 0 Å². The van der Waals surface area contributed by atoms with Crippen molar-refractivity contribution in [2.24, 2.45) is 0 Å². The fraction of sp³-hybridized carbons (Fsp3) is 1.00. The van der Waals surface area contributed by atoms with Crippen molar-refractivity contribution in [2.75, 3.05) is 39.3 Å². The molecular formula is C12H32InN3P. The van der Waals surface area contributed by atoms with Crippen molar-refractivity contribution in [1.29, 1.82) is 0 Å². The molecule has 0 fully saturated rings. The number of hydrogen-bond acceptors (Lipinski definition) is 3. The monoisotopic (exact) mass is 364 g/mol. The van der Waals surface area contributed by atoms with Gasteiger partial charge in [-0.15, -0.1) is 0 Å². The van der Waals surface area contributed by atoms with Gasteiger partial charge >= 0.3 is 83.1 Å². The Morgan fingerprint density at radius 2 is 0.941 bits per heavy atom. The molecule has 1 unspecified atom stereocenters. The van der Waals surface area contributed by atoms with Crippen LogP contribution in [0.15, 0.2) is 0 Å². The third-order valence-electron chi connectivity index (χ3n) is 2.76. The van der Waals surface area contributed by atoms with E-state index in [4.69, 9.17) is 0 Å². The van der Waals surface area contributed by atoms with Crippen LogP contribution in [0, 0.1) is 0 Å². The van der Waals surface area contributed by atoms with Crippen LogP contribution >= 0.6 is 9.39 Å². The summed E-state index contributed by atoms with van der Waals surface area (Å²) in [6.45, 7) is 20.6. The molecule has 0 aromatic carbocycles. The Kier molecular flexibility index (Phi) is 18.4. The summed E-state index contributed by atoms with van der Waals surface area (Å²) in [4.78, 5) is 0. The molecule has 0 spiro atoms. The molecule has 0 aliphatic rings. The van der Waals surface area contributed by atoms with E-state index in [1.807, 2.05) is 0 Å². The molecule has 0 aliphatic heterocycles. The van der Waals surface area contributed by atoms with E-state index in [0.29, 0.717) is 0 Å². The van der Waals surface area contributed by atoms with Crippen LogP contribution in [0.5, 0.6) is 0 Å². The molecule has 0 aromatic rings. The fourth-order valence-electron chi connectivity index (χ4n) is 1.23. The molecule has 0 N–H and O–H groups in total. The van der Waals surface area contributed by atoms with E-state index in [2.05, 4.69) is 61.4 Å². The van der Waals surface area contributed by atoms with Crippen LogP contribution in [0.2, 0.25) is 0 Å². The second-order valence-electron chi connectivity index (χ2n) is 3.78. The Hall–Kier alpha value is 1.18. The molecule has 0 aliphatic carbocycles. The first-order chi connectivity index (χ1) is 8.09. The molecule has 5 heteroatoms. The number of hydrogen-bond donors (Lipinski definition) is 0. The average Bonchev–Trinajstić information content (AvgIpc) is 2.40. The van der Waals surface area contributed by atoms with Crippen LogP contribution in [0.3, 0.4) is 0 Å². The summed E-state index contributed by atoms with van der Waals surface area (Å²) in [6, 6.07) is 0. The van der Waals surface area contributed by atoms with Crippen LogP contribution < -0.4 is 0 Å². The van der Waals surface area contributed by atoms with E-state index in [0.717, 1.165) is 13.1 Å². The molecule has 1 atom stereocenters. The molecule has 0 heterocycles. The summed E-state index contributed by atoms with van der Waals surface area (Å²) in [5, 5.41) is 0. The Morgan fingerprint density at radius 3 is 1.06 bits per heavy atom. The van der Waals surface area contributed by atoms with E-state index in [1.54, 1.807) is 0 Å². The molecule has 17 heavy (non-hydrogen) atoms. The van der Waals surface area contributed by atoms with E-state index in [1.165, 1.54) is 26.2 Å². The van der Waals surface area contributed by atoms with Crippen molar-refractivity contribution < 1.29 is 0 Å². The minimum atomic E-state index is -0.543. The van der Waals surface area contributed by atoms with Crippen LogP contribution in [-0.4, -0.2) is 73.2 Å².